The topological polar surface area (TPSA) is 83.5 Å². The Morgan fingerprint density at radius 3 is 2.19 bits per heavy atom. The maximum atomic E-state index is 12.8. The standard InChI is InChI=1S/C17H10Cl3NO4S/c18-11-7-13(20)15(8-12(11)19)26(24,25)21-14-6-2-4-9-3-1-5-10(16(9)14)17(22)23/h1-8,21H,(H,22,23). The lowest BCUT2D eigenvalue weighted by Crippen LogP contribution is -2.14. The molecule has 0 bridgehead atoms. The zero-order chi connectivity index (χ0) is 19.1. The van der Waals surface area contributed by atoms with E-state index in [1.165, 1.54) is 18.2 Å². The van der Waals surface area contributed by atoms with Gasteiger partial charge in [-0.1, -0.05) is 59.1 Å². The number of halogens is 3. The van der Waals surface area contributed by atoms with E-state index in [-0.39, 0.29) is 36.6 Å². The van der Waals surface area contributed by atoms with E-state index in [1.807, 2.05) is 0 Å². The van der Waals surface area contributed by atoms with Crippen molar-refractivity contribution in [3.8, 4) is 0 Å². The fourth-order valence-electron chi connectivity index (χ4n) is 2.51. The number of carboxylic acids is 1. The first kappa shape index (κ1) is 18.8. The molecule has 0 aromatic heterocycles. The van der Waals surface area contributed by atoms with Crippen molar-refractivity contribution in [1.29, 1.82) is 0 Å². The number of carbonyl (C=O) groups is 1. The van der Waals surface area contributed by atoms with E-state index in [1.54, 1.807) is 24.3 Å². The number of hydrogen-bond donors (Lipinski definition) is 2. The summed E-state index contributed by atoms with van der Waals surface area (Å²) in [6.45, 7) is 0. The van der Waals surface area contributed by atoms with Crippen LogP contribution in [-0.2, 0) is 10.0 Å². The molecule has 0 radical (unpaired) electrons. The largest absolute Gasteiger partial charge is 0.478 e. The predicted octanol–water partition coefficient (Wildman–Crippen LogP) is 5.30. The van der Waals surface area contributed by atoms with Crippen molar-refractivity contribution in [3.63, 3.8) is 0 Å². The molecule has 3 rings (SSSR count). The zero-order valence-corrected chi connectivity index (χ0v) is 15.9. The molecule has 0 fully saturated rings. The van der Waals surface area contributed by atoms with Crippen molar-refractivity contribution in [2.24, 2.45) is 0 Å². The van der Waals surface area contributed by atoms with Gasteiger partial charge in [-0.25, -0.2) is 13.2 Å². The number of fused-ring (bicyclic) bond motifs is 1. The summed E-state index contributed by atoms with van der Waals surface area (Å²) in [5, 5.41) is 10.3. The lowest BCUT2D eigenvalue weighted by Gasteiger charge is -2.14. The highest BCUT2D eigenvalue weighted by molar-refractivity contribution is 7.92. The Labute approximate surface area is 164 Å². The Hall–Kier alpha value is -1.99. The third-order valence-corrected chi connectivity index (χ3v) is 6.20. The van der Waals surface area contributed by atoms with Gasteiger partial charge < -0.3 is 5.11 Å². The molecule has 2 N–H and O–H groups in total. The summed E-state index contributed by atoms with van der Waals surface area (Å²) in [7, 11) is -4.14. The van der Waals surface area contributed by atoms with Crippen LogP contribution < -0.4 is 4.72 Å². The van der Waals surface area contributed by atoms with Crippen LogP contribution in [0.25, 0.3) is 10.8 Å². The summed E-state index contributed by atoms with van der Waals surface area (Å²) in [5.74, 6) is -1.17. The van der Waals surface area contributed by atoms with Crippen LogP contribution in [0.4, 0.5) is 5.69 Å². The Morgan fingerprint density at radius 1 is 0.923 bits per heavy atom. The molecule has 0 heterocycles. The zero-order valence-electron chi connectivity index (χ0n) is 12.8. The fraction of sp³-hybridized carbons (Fsp3) is 0. The first-order valence-electron chi connectivity index (χ1n) is 7.13. The molecule has 134 valence electrons. The van der Waals surface area contributed by atoms with Crippen molar-refractivity contribution < 1.29 is 18.3 Å². The maximum absolute atomic E-state index is 12.8. The molecular weight excluding hydrogens is 421 g/mol. The predicted molar refractivity (Wildman–Crippen MR) is 103 cm³/mol. The molecule has 0 atom stereocenters. The normalized spacial score (nSPS) is 11.5. The first-order valence-corrected chi connectivity index (χ1v) is 9.75. The second-order valence-electron chi connectivity index (χ2n) is 5.32. The van der Waals surface area contributed by atoms with E-state index in [0.29, 0.717) is 5.39 Å². The van der Waals surface area contributed by atoms with Gasteiger partial charge >= 0.3 is 5.97 Å². The maximum Gasteiger partial charge on any atom is 0.336 e. The lowest BCUT2D eigenvalue weighted by molar-refractivity contribution is 0.0699. The van der Waals surface area contributed by atoms with Crippen LogP contribution in [0.5, 0.6) is 0 Å². The molecule has 0 amide bonds. The number of sulfonamides is 1. The van der Waals surface area contributed by atoms with E-state index < -0.39 is 16.0 Å². The van der Waals surface area contributed by atoms with Gasteiger partial charge in [0.25, 0.3) is 10.0 Å². The third kappa shape index (κ3) is 3.46. The lowest BCUT2D eigenvalue weighted by atomic mass is 10.0. The summed E-state index contributed by atoms with van der Waals surface area (Å²) >= 11 is 17.7. The quantitative estimate of drug-likeness (QED) is 0.550. The van der Waals surface area contributed by atoms with E-state index in [0.717, 1.165) is 6.07 Å². The van der Waals surface area contributed by atoms with Crippen molar-refractivity contribution in [2.75, 3.05) is 4.72 Å². The van der Waals surface area contributed by atoms with E-state index >= 15 is 0 Å². The number of anilines is 1. The van der Waals surface area contributed by atoms with E-state index in [2.05, 4.69) is 4.72 Å². The molecular formula is C17H10Cl3NO4S. The summed E-state index contributed by atoms with van der Waals surface area (Å²) in [4.78, 5) is 11.2. The molecule has 0 saturated heterocycles. The van der Waals surface area contributed by atoms with Gasteiger partial charge in [-0.05, 0) is 29.7 Å². The van der Waals surface area contributed by atoms with Crippen molar-refractivity contribution in [1.82, 2.24) is 0 Å². The minimum absolute atomic E-state index is 0.0268. The Kier molecular flexibility index (Phi) is 5.03. The van der Waals surface area contributed by atoms with Crippen molar-refractivity contribution >= 4 is 67.3 Å². The summed E-state index contributed by atoms with van der Waals surface area (Å²) in [5.41, 5.74) is 0.0867. The molecule has 5 nitrogen and oxygen atoms in total. The van der Waals surface area contributed by atoms with E-state index in [9.17, 15) is 18.3 Å². The van der Waals surface area contributed by atoms with Crippen LogP contribution in [0.3, 0.4) is 0 Å². The molecule has 0 unspecified atom stereocenters. The number of nitrogens with one attached hydrogen (secondary N) is 1. The Balaban J connectivity index is 2.18. The van der Waals surface area contributed by atoms with Gasteiger partial charge in [0.05, 0.1) is 26.3 Å². The fourth-order valence-corrected chi connectivity index (χ4v) is 4.59. The average Bonchev–Trinajstić information content (AvgIpc) is 2.57. The number of benzene rings is 3. The highest BCUT2D eigenvalue weighted by Crippen LogP contribution is 2.34. The number of carboxylic acid groups (broad SMARTS) is 1. The molecule has 3 aromatic carbocycles. The molecule has 9 heteroatoms. The summed E-state index contributed by atoms with van der Waals surface area (Å²) < 4.78 is 27.9. The average molecular weight is 431 g/mol. The van der Waals surface area contributed by atoms with Gasteiger partial charge in [-0.15, -0.1) is 0 Å². The highest BCUT2D eigenvalue weighted by Gasteiger charge is 2.22. The third-order valence-electron chi connectivity index (χ3n) is 3.64. The SMILES string of the molecule is O=C(O)c1cccc2cccc(NS(=O)(=O)c3cc(Cl)c(Cl)cc3Cl)c12. The highest BCUT2D eigenvalue weighted by atomic mass is 35.5. The second kappa shape index (κ2) is 6.96. The van der Waals surface area contributed by atoms with Gasteiger partial charge in [0.15, 0.2) is 0 Å². The molecule has 3 aromatic rings. The van der Waals surface area contributed by atoms with Crippen molar-refractivity contribution in [3.05, 3.63) is 69.2 Å². The minimum Gasteiger partial charge on any atom is -0.478 e. The minimum atomic E-state index is -4.14. The van der Waals surface area contributed by atoms with Crippen LogP contribution in [0.2, 0.25) is 15.1 Å². The van der Waals surface area contributed by atoms with Crippen LogP contribution in [-0.4, -0.2) is 19.5 Å². The van der Waals surface area contributed by atoms with Gasteiger partial charge in [0.1, 0.15) is 4.90 Å². The molecule has 0 aliphatic rings. The Bertz CT molecular complexity index is 1140. The Morgan fingerprint density at radius 2 is 1.54 bits per heavy atom. The smallest absolute Gasteiger partial charge is 0.336 e. The van der Waals surface area contributed by atoms with Crippen LogP contribution in [0.15, 0.2) is 53.4 Å². The summed E-state index contributed by atoms with van der Waals surface area (Å²) in [6.07, 6.45) is 0. The van der Waals surface area contributed by atoms with Crippen LogP contribution in [0.1, 0.15) is 10.4 Å². The van der Waals surface area contributed by atoms with Crippen LogP contribution >= 0.6 is 34.8 Å². The van der Waals surface area contributed by atoms with Gasteiger partial charge in [0.2, 0.25) is 0 Å². The molecule has 0 saturated carbocycles. The molecule has 0 spiro atoms. The van der Waals surface area contributed by atoms with Gasteiger partial charge in [-0.3, -0.25) is 4.72 Å². The summed E-state index contributed by atoms with van der Waals surface area (Å²) in [6, 6.07) is 11.8. The molecule has 0 aliphatic heterocycles. The molecule has 0 aliphatic carbocycles. The molecule has 26 heavy (non-hydrogen) atoms. The van der Waals surface area contributed by atoms with E-state index in [4.69, 9.17) is 34.8 Å². The number of hydrogen-bond acceptors (Lipinski definition) is 3. The first-order chi connectivity index (χ1) is 12.2. The second-order valence-corrected chi connectivity index (χ2v) is 8.19. The monoisotopic (exact) mass is 429 g/mol. The van der Waals surface area contributed by atoms with Crippen LogP contribution in [0, 0.1) is 0 Å². The van der Waals surface area contributed by atoms with Gasteiger partial charge in [0, 0.05) is 5.39 Å². The number of aromatic carboxylic acids is 1. The van der Waals surface area contributed by atoms with Crippen molar-refractivity contribution in [2.45, 2.75) is 4.90 Å². The van der Waals surface area contributed by atoms with Gasteiger partial charge in [-0.2, -0.15) is 0 Å². The number of rotatable bonds is 4.